The summed E-state index contributed by atoms with van der Waals surface area (Å²) in [4.78, 5) is 12.4. The van der Waals surface area contributed by atoms with Crippen LogP contribution >= 0.6 is 70.2 Å². The zero-order valence-corrected chi connectivity index (χ0v) is 13.5. The Kier molecular flexibility index (Phi) is 4.35. The van der Waals surface area contributed by atoms with Crippen molar-refractivity contribution in [2.45, 2.75) is 9.96 Å². The molecule has 1 atom stereocenters. The van der Waals surface area contributed by atoms with Crippen LogP contribution in [0.5, 0.6) is 0 Å². The van der Waals surface area contributed by atoms with E-state index in [2.05, 4.69) is 5.10 Å². The van der Waals surface area contributed by atoms with E-state index in [9.17, 15) is 4.79 Å². The number of alkyl halides is 3. The molecule has 10 heteroatoms. The van der Waals surface area contributed by atoms with Gasteiger partial charge >= 0.3 is 5.69 Å². The van der Waals surface area contributed by atoms with E-state index in [1.807, 2.05) is 0 Å². The van der Waals surface area contributed by atoms with Crippen molar-refractivity contribution in [1.29, 1.82) is 0 Å². The molecule has 1 aromatic heterocycles. The van der Waals surface area contributed by atoms with Crippen LogP contribution in [0.3, 0.4) is 0 Å². The van der Waals surface area contributed by atoms with Gasteiger partial charge in [0, 0.05) is 5.03 Å². The van der Waals surface area contributed by atoms with E-state index >= 15 is 0 Å². The van der Waals surface area contributed by atoms with E-state index < -0.39 is 15.6 Å². The molecule has 0 aromatic carbocycles. The molecule has 1 aliphatic rings. The monoisotopic (exact) mass is 377 g/mol. The second kappa shape index (κ2) is 5.39. The number of halogens is 5. The minimum Gasteiger partial charge on any atom is -0.269 e. The summed E-state index contributed by atoms with van der Waals surface area (Å²) >= 11 is 33.8. The molecule has 0 saturated heterocycles. The molecule has 0 N–H and O–H groups in total. The van der Waals surface area contributed by atoms with Gasteiger partial charge in [0.15, 0.2) is 0 Å². The number of nitrogens with zero attached hydrogens (tertiary/aromatic N) is 3. The summed E-state index contributed by atoms with van der Waals surface area (Å²) in [6, 6.07) is -0.645. The van der Waals surface area contributed by atoms with Crippen molar-refractivity contribution in [2.75, 3.05) is 0 Å². The Bertz CT molecular complexity index is 654. The first-order chi connectivity index (χ1) is 8.71. The first kappa shape index (κ1) is 15.4. The van der Waals surface area contributed by atoms with E-state index in [0.29, 0.717) is 14.6 Å². The molecule has 102 valence electrons. The largest absolute Gasteiger partial charge is 0.350 e. The molecule has 1 heterocycles. The zero-order chi connectivity index (χ0) is 14.4. The SMILES string of the molecule is O=c1n(C2C=C(Cl)C=C(Cl)C2=S)cnn1C(Cl)(Cl)Cl. The van der Waals surface area contributed by atoms with Gasteiger partial charge in [0.05, 0.1) is 15.9 Å². The summed E-state index contributed by atoms with van der Waals surface area (Å²) in [7, 11) is 0. The lowest BCUT2D eigenvalue weighted by Crippen LogP contribution is -2.34. The highest BCUT2D eigenvalue weighted by atomic mass is 35.6. The van der Waals surface area contributed by atoms with Crippen LogP contribution in [0.1, 0.15) is 6.04 Å². The van der Waals surface area contributed by atoms with Gasteiger partial charge in [0.25, 0.3) is 3.92 Å². The summed E-state index contributed by atoms with van der Waals surface area (Å²) in [5, 5.41) is 4.36. The van der Waals surface area contributed by atoms with Gasteiger partial charge in [-0.1, -0.05) is 70.2 Å². The van der Waals surface area contributed by atoms with E-state index in [1.54, 1.807) is 6.08 Å². The Morgan fingerprint density at radius 2 is 1.95 bits per heavy atom. The molecule has 1 unspecified atom stereocenters. The maximum Gasteiger partial charge on any atom is 0.350 e. The predicted octanol–water partition coefficient (Wildman–Crippen LogP) is 3.50. The Hall–Kier alpha value is -0.0400. The van der Waals surface area contributed by atoms with E-state index in [-0.39, 0.29) is 5.03 Å². The van der Waals surface area contributed by atoms with E-state index in [1.165, 1.54) is 17.0 Å². The van der Waals surface area contributed by atoms with Crippen LogP contribution in [0.15, 0.2) is 33.3 Å². The third kappa shape index (κ3) is 3.01. The highest BCUT2D eigenvalue weighted by molar-refractivity contribution is 7.81. The minimum absolute atomic E-state index is 0.279. The number of allylic oxidation sites excluding steroid dienone is 4. The lowest BCUT2D eigenvalue weighted by molar-refractivity contribution is 0.620. The third-order valence-electron chi connectivity index (χ3n) is 2.32. The Morgan fingerprint density at radius 1 is 1.32 bits per heavy atom. The van der Waals surface area contributed by atoms with Gasteiger partial charge in [-0.3, -0.25) is 4.57 Å². The van der Waals surface area contributed by atoms with Gasteiger partial charge in [-0.15, -0.1) is 0 Å². The smallest absolute Gasteiger partial charge is 0.269 e. The van der Waals surface area contributed by atoms with Crippen molar-refractivity contribution >= 4 is 75.1 Å². The molecule has 0 fully saturated rings. The average Bonchev–Trinajstić information content (AvgIpc) is 2.65. The molecule has 0 spiro atoms. The molecule has 1 aliphatic carbocycles. The van der Waals surface area contributed by atoms with Crippen LogP contribution in [0.4, 0.5) is 0 Å². The van der Waals surface area contributed by atoms with Crippen LogP contribution in [0.2, 0.25) is 0 Å². The van der Waals surface area contributed by atoms with Gasteiger partial charge in [-0.25, -0.2) is 4.79 Å². The molecule has 19 heavy (non-hydrogen) atoms. The zero-order valence-electron chi connectivity index (χ0n) is 8.86. The summed E-state index contributed by atoms with van der Waals surface area (Å²) in [6.07, 6.45) is 4.26. The molecule has 0 radical (unpaired) electrons. The van der Waals surface area contributed by atoms with Crippen molar-refractivity contribution in [3.63, 3.8) is 0 Å². The maximum absolute atomic E-state index is 12.1. The second-order valence-electron chi connectivity index (χ2n) is 3.55. The number of hydrogen-bond acceptors (Lipinski definition) is 3. The third-order valence-corrected chi connectivity index (χ3v) is 3.92. The highest BCUT2D eigenvalue weighted by Gasteiger charge is 2.30. The standard InChI is InChI=1S/C9H4Cl5N3OS/c10-4-1-5(11)7(19)6(2-4)16-3-15-17(8(16)18)9(12,13)14/h1-3,6H. The summed E-state index contributed by atoms with van der Waals surface area (Å²) in [5.41, 5.74) is -0.639. The van der Waals surface area contributed by atoms with Crippen molar-refractivity contribution in [2.24, 2.45) is 0 Å². The number of hydrogen-bond donors (Lipinski definition) is 0. The van der Waals surface area contributed by atoms with Crippen LogP contribution < -0.4 is 5.69 Å². The molecule has 0 saturated carbocycles. The highest BCUT2D eigenvalue weighted by Crippen LogP contribution is 2.31. The molecule has 0 aliphatic heterocycles. The number of aromatic nitrogens is 3. The lowest BCUT2D eigenvalue weighted by atomic mass is 10.1. The summed E-state index contributed by atoms with van der Waals surface area (Å²) in [6.45, 7) is 0. The van der Waals surface area contributed by atoms with Crippen molar-refractivity contribution < 1.29 is 0 Å². The Labute approximate surface area is 138 Å². The fraction of sp³-hybridized carbons (Fsp3) is 0.222. The number of rotatable bonds is 1. The first-order valence-corrected chi connectivity index (χ1v) is 7.03. The van der Waals surface area contributed by atoms with Gasteiger partial charge in [0.1, 0.15) is 6.33 Å². The fourth-order valence-corrected chi connectivity index (χ4v) is 2.60. The molecule has 2 rings (SSSR count). The first-order valence-electron chi connectivity index (χ1n) is 4.74. The normalized spacial score (nSPS) is 20.3. The predicted molar refractivity (Wildman–Crippen MR) is 81.5 cm³/mol. The van der Waals surface area contributed by atoms with Crippen LogP contribution in [-0.4, -0.2) is 19.2 Å². The Morgan fingerprint density at radius 3 is 2.47 bits per heavy atom. The second-order valence-corrected chi connectivity index (χ2v) is 7.06. The van der Waals surface area contributed by atoms with Crippen molar-refractivity contribution in [3.05, 3.63) is 39.0 Å². The van der Waals surface area contributed by atoms with Crippen molar-refractivity contribution in [1.82, 2.24) is 14.3 Å². The molecule has 0 bridgehead atoms. The Balaban J connectivity index is 2.51. The van der Waals surface area contributed by atoms with Gasteiger partial charge < -0.3 is 0 Å². The van der Waals surface area contributed by atoms with E-state index in [0.717, 1.165) is 0 Å². The molecule has 0 amide bonds. The van der Waals surface area contributed by atoms with Gasteiger partial charge in [-0.2, -0.15) is 9.78 Å². The summed E-state index contributed by atoms with van der Waals surface area (Å²) < 4.78 is -0.0952. The van der Waals surface area contributed by atoms with Gasteiger partial charge in [-0.05, 0) is 12.2 Å². The molecule has 4 nitrogen and oxygen atoms in total. The lowest BCUT2D eigenvalue weighted by Gasteiger charge is -2.18. The average molecular weight is 379 g/mol. The molecular formula is C9H4Cl5N3OS. The van der Waals surface area contributed by atoms with Gasteiger partial charge in [0.2, 0.25) is 0 Å². The van der Waals surface area contributed by atoms with Crippen LogP contribution in [0.25, 0.3) is 0 Å². The van der Waals surface area contributed by atoms with Crippen molar-refractivity contribution in [3.8, 4) is 0 Å². The van der Waals surface area contributed by atoms with Crippen LogP contribution in [0, 0.1) is 0 Å². The maximum atomic E-state index is 12.1. The minimum atomic E-state index is -1.98. The fourth-order valence-electron chi connectivity index (χ4n) is 1.49. The molecular weight excluding hydrogens is 375 g/mol. The van der Waals surface area contributed by atoms with E-state index in [4.69, 9.17) is 70.2 Å². The topological polar surface area (TPSA) is 39.8 Å². The van der Waals surface area contributed by atoms with Crippen LogP contribution in [-0.2, 0) is 3.92 Å². The number of thiocarbonyl (C=S) groups is 1. The quantitative estimate of drug-likeness (QED) is 0.554. The molecule has 1 aromatic rings. The summed E-state index contributed by atoms with van der Waals surface area (Å²) in [5.74, 6) is 0.